The van der Waals surface area contributed by atoms with Crippen LogP contribution in [0.4, 0.5) is 0 Å². The van der Waals surface area contributed by atoms with Crippen molar-refractivity contribution in [1.29, 1.82) is 0 Å². The first-order valence-corrected chi connectivity index (χ1v) is 13.3. The first kappa shape index (κ1) is 24.9. The van der Waals surface area contributed by atoms with E-state index in [0.717, 1.165) is 29.6 Å². The average Bonchev–Trinajstić information content (AvgIpc) is 3.47. The summed E-state index contributed by atoms with van der Waals surface area (Å²) in [7, 11) is 0. The summed E-state index contributed by atoms with van der Waals surface area (Å²) >= 11 is 14.2. The maximum absolute atomic E-state index is 13.1. The standard InChI is InChI=1S/C24H27Cl2N5O2S/c1-34-10-8-20(22-28-19-7-5-15(25)12-21(19)29-22)30-23(32)14-4-6-17(18(26)11-14)24(33)31-9-2-3-16(31)13-27/h4-7,11-12,16,20H,2-3,8-10,13,27H2,1H3,(H,28,29)(H,30,32)/t16-,20-/m0/s1. The molecular formula is C24H27Cl2N5O2S. The number of rotatable bonds is 8. The molecule has 0 spiro atoms. The number of aromatic amines is 1. The normalized spacial score (nSPS) is 16.7. The molecule has 1 aliphatic rings. The molecule has 0 saturated carbocycles. The highest BCUT2D eigenvalue weighted by Crippen LogP contribution is 2.26. The molecule has 2 heterocycles. The maximum atomic E-state index is 13.1. The summed E-state index contributed by atoms with van der Waals surface area (Å²) in [4.78, 5) is 35.8. The van der Waals surface area contributed by atoms with Crippen molar-refractivity contribution in [3.8, 4) is 0 Å². The largest absolute Gasteiger partial charge is 0.342 e. The molecule has 0 aliphatic carbocycles. The lowest BCUT2D eigenvalue weighted by Crippen LogP contribution is -2.40. The number of nitrogens with two attached hydrogens (primary N) is 1. The van der Waals surface area contributed by atoms with Crippen molar-refractivity contribution >= 4 is 57.8 Å². The first-order valence-electron chi connectivity index (χ1n) is 11.2. The number of imidazole rings is 1. The van der Waals surface area contributed by atoms with E-state index < -0.39 is 0 Å². The second kappa shape index (κ2) is 11.0. The van der Waals surface area contributed by atoms with Crippen molar-refractivity contribution in [2.75, 3.05) is 25.1 Å². The van der Waals surface area contributed by atoms with Crippen LogP contribution in [0.3, 0.4) is 0 Å². The predicted octanol–water partition coefficient (Wildman–Crippen LogP) is 4.66. The Hall–Kier alpha value is -2.26. The number of carbonyl (C=O) groups excluding carboxylic acids is 2. The van der Waals surface area contributed by atoms with Gasteiger partial charge in [0.25, 0.3) is 11.8 Å². The molecule has 3 aromatic rings. The number of amides is 2. The second-order valence-corrected chi connectivity index (χ2v) is 10.1. The number of likely N-dealkylation sites (tertiary alicyclic amines) is 1. The van der Waals surface area contributed by atoms with Gasteiger partial charge in [-0.2, -0.15) is 11.8 Å². The van der Waals surface area contributed by atoms with Crippen molar-refractivity contribution in [2.45, 2.75) is 31.3 Å². The number of fused-ring (bicyclic) bond motifs is 1. The first-order chi connectivity index (χ1) is 16.4. The van der Waals surface area contributed by atoms with E-state index in [1.54, 1.807) is 47.0 Å². The third-order valence-electron chi connectivity index (χ3n) is 6.08. The van der Waals surface area contributed by atoms with E-state index in [9.17, 15) is 9.59 Å². The molecule has 1 saturated heterocycles. The number of aromatic nitrogens is 2. The summed E-state index contributed by atoms with van der Waals surface area (Å²) in [5.41, 5.74) is 8.17. The third-order valence-corrected chi connectivity index (χ3v) is 7.27. The van der Waals surface area contributed by atoms with E-state index in [-0.39, 0.29) is 28.9 Å². The monoisotopic (exact) mass is 519 g/mol. The molecule has 0 unspecified atom stereocenters. The molecule has 2 aromatic carbocycles. The van der Waals surface area contributed by atoms with Gasteiger partial charge in [-0.25, -0.2) is 4.98 Å². The van der Waals surface area contributed by atoms with Gasteiger partial charge in [0.15, 0.2) is 0 Å². The lowest BCUT2D eigenvalue weighted by molar-refractivity contribution is 0.0740. The molecule has 7 nitrogen and oxygen atoms in total. The second-order valence-electron chi connectivity index (χ2n) is 8.32. The highest BCUT2D eigenvalue weighted by atomic mass is 35.5. The Morgan fingerprint density at radius 3 is 2.85 bits per heavy atom. The quantitative estimate of drug-likeness (QED) is 0.401. The van der Waals surface area contributed by atoms with Crippen LogP contribution in [0, 0.1) is 0 Å². The number of thioether (sulfide) groups is 1. The summed E-state index contributed by atoms with van der Waals surface area (Å²) in [6, 6.07) is 9.95. The van der Waals surface area contributed by atoms with Crippen LogP contribution >= 0.6 is 35.0 Å². The number of hydrogen-bond acceptors (Lipinski definition) is 5. The van der Waals surface area contributed by atoms with Gasteiger partial charge in [0.2, 0.25) is 0 Å². The Kier molecular flexibility index (Phi) is 8.03. The van der Waals surface area contributed by atoms with Gasteiger partial charge in [-0.1, -0.05) is 23.2 Å². The zero-order valence-electron chi connectivity index (χ0n) is 18.8. The van der Waals surface area contributed by atoms with Crippen LogP contribution in [0.25, 0.3) is 11.0 Å². The minimum absolute atomic E-state index is 0.0300. The average molecular weight is 520 g/mol. The highest BCUT2D eigenvalue weighted by molar-refractivity contribution is 7.98. The number of nitrogens with zero attached hydrogens (tertiary/aromatic N) is 2. The Morgan fingerprint density at radius 2 is 2.12 bits per heavy atom. The molecule has 0 bridgehead atoms. The van der Waals surface area contributed by atoms with Crippen LogP contribution in [-0.4, -0.2) is 57.8 Å². The van der Waals surface area contributed by atoms with Crippen molar-refractivity contribution in [1.82, 2.24) is 20.2 Å². The van der Waals surface area contributed by atoms with E-state index in [1.807, 2.05) is 12.3 Å². The highest BCUT2D eigenvalue weighted by Gasteiger charge is 2.29. The van der Waals surface area contributed by atoms with Crippen LogP contribution in [0.5, 0.6) is 0 Å². The number of benzene rings is 2. The molecule has 0 radical (unpaired) electrons. The van der Waals surface area contributed by atoms with Crippen LogP contribution in [0.2, 0.25) is 10.0 Å². The number of nitrogens with one attached hydrogen (secondary N) is 2. The summed E-state index contributed by atoms with van der Waals surface area (Å²) in [6.07, 6.45) is 4.53. The van der Waals surface area contributed by atoms with Crippen molar-refractivity contribution < 1.29 is 9.59 Å². The van der Waals surface area contributed by atoms with Gasteiger partial charge in [0, 0.05) is 29.7 Å². The number of hydrogen-bond donors (Lipinski definition) is 3. The fourth-order valence-electron chi connectivity index (χ4n) is 4.25. The minimum atomic E-state index is -0.318. The Bertz CT molecular complexity index is 1200. The maximum Gasteiger partial charge on any atom is 0.255 e. The van der Waals surface area contributed by atoms with Gasteiger partial charge < -0.3 is 20.9 Å². The third kappa shape index (κ3) is 5.35. The molecule has 1 aromatic heterocycles. The molecule has 34 heavy (non-hydrogen) atoms. The zero-order chi connectivity index (χ0) is 24.2. The smallest absolute Gasteiger partial charge is 0.255 e. The molecule has 4 N–H and O–H groups in total. The van der Waals surface area contributed by atoms with Crippen LogP contribution in [0.15, 0.2) is 36.4 Å². The van der Waals surface area contributed by atoms with E-state index >= 15 is 0 Å². The molecule has 4 rings (SSSR count). The van der Waals surface area contributed by atoms with E-state index in [4.69, 9.17) is 28.9 Å². The number of H-pyrrole nitrogens is 1. The Labute approximate surface area is 212 Å². The fourth-order valence-corrected chi connectivity index (χ4v) is 5.15. The minimum Gasteiger partial charge on any atom is -0.342 e. The van der Waals surface area contributed by atoms with Gasteiger partial charge in [-0.3, -0.25) is 9.59 Å². The summed E-state index contributed by atoms with van der Waals surface area (Å²) in [5.74, 6) is 1.07. The summed E-state index contributed by atoms with van der Waals surface area (Å²) in [5, 5.41) is 3.91. The molecular weight excluding hydrogens is 493 g/mol. The Morgan fingerprint density at radius 1 is 1.29 bits per heavy atom. The van der Waals surface area contributed by atoms with E-state index in [1.165, 1.54) is 0 Å². The van der Waals surface area contributed by atoms with Crippen LogP contribution in [-0.2, 0) is 0 Å². The summed E-state index contributed by atoms with van der Waals surface area (Å²) < 4.78 is 0. The number of halogens is 2. The number of carbonyl (C=O) groups is 2. The molecule has 2 amide bonds. The van der Waals surface area contributed by atoms with E-state index in [0.29, 0.717) is 41.5 Å². The van der Waals surface area contributed by atoms with Gasteiger partial charge in [0.1, 0.15) is 5.82 Å². The zero-order valence-corrected chi connectivity index (χ0v) is 21.1. The van der Waals surface area contributed by atoms with Gasteiger partial charge in [-0.05, 0) is 67.7 Å². The van der Waals surface area contributed by atoms with Crippen molar-refractivity contribution in [3.63, 3.8) is 0 Å². The summed E-state index contributed by atoms with van der Waals surface area (Å²) in [6.45, 7) is 1.09. The van der Waals surface area contributed by atoms with Crippen molar-refractivity contribution in [3.05, 3.63) is 63.4 Å². The fraction of sp³-hybridized carbons (Fsp3) is 0.375. The SMILES string of the molecule is CSCC[C@H](NC(=O)c1ccc(C(=O)N2CCC[C@H]2CN)c(Cl)c1)c1nc2cc(Cl)ccc2[nH]1. The van der Waals surface area contributed by atoms with Crippen LogP contribution in [0.1, 0.15) is 51.8 Å². The molecule has 1 aliphatic heterocycles. The molecule has 180 valence electrons. The topological polar surface area (TPSA) is 104 Å². The lowest BCUT2D eigenvalue weighted by Gasteiger charge is -2.24. The van der Waals surface area contributed by atoms with E-state index in [2.05, 4.69) is 15.3 Å². The molecule has 10 heteroatoms. The van der Waals surface area contributed by atoms with Crippen molar-refractivity contribution in [2.24, 2.45) is 5.73 Å². The predicted molar refractivity (Wildman–Crippen MR) is 139 cm³/mol. The Balaban J connectivity index is 1.53. The lowest BCUT2D eigenvalue weighted by atomic mass is 10.1. The molecule has 1 fully saturated rings. The van der Waals surface area contributed by atoms with Gasteiger partial charge >= 0.3 is 0 Å². The van der Waals surface area contributed by atoms with Gasteiger partial charge in [0.05, 0.1) is 27.7 Å². The van der Waals surface area contributed by atoms with Crippen LogP contribution < -0.4 is 11.1 Å². The molecule has 2 atom stereocenters. The van der Waals surface area contributed by atoms with Gasteiger partial charge in [-0.15, -0.1) is 0 Å².